The summed E-state index contributed by atoms with van der Waals surface area (Å²) < 4.78 is 68.8. The standard InChI is InChI=1S/C83H162O17P2/c1-8-11-12-13-14-15-16-28-36-43-50-57-64-80(85)93-71-79(100-83(88)67-60-53-46-39-32-31-35-42-49-56-63-76(7)10-3)73-98-102(91,92)96-69-77(84)68-95-101(89,90)97-72-78(99-82(87)66-59-52-45-38-30-25-19-17-18-22-26-33-40-47-54-61-74(4)5)70-94-81(86)65-58-51-44-37-29-24-21-20-23-27-34-41-48-55-62-75(6)9-2/h74-79,84H,8-73H2,1-7H3,(H,89,90)(H,91,92)/t75?,76?,77-,78-,79-/m1/s1. The van der Waals surface area contributed by atoms with Crippen molar-refractivity contribution in [3.63, 3.8) is 0 Å². The zero-order valence-electron chi connectivity index (χ0n) is 67.1. The van der Waals surface area contributed by atoms with Gasteiger partial charge >= 0.3 is 39.5 Å². The summed E-state index contributed by atoms with van der Waals surface area (Å²) >= 11 is 0. The molecule has 0 aliphatic heterocycles. The van der Waals surface area contributed by atoms with Crippen molar-refractivity contribution in [3.8, 4) is 0 Å². The third-order valence-electron chi connectivity index (χ3n) is 20.1. The lowest BCUT2D eigenvalue weighted by Crippen LogP contribution is -2.30. The van der Waals surface area contributed by atoms with Crippen LogP contribution in [0.15, 0.2) is 0 Å². The zero-order chi connectivity index (χ0) is 75.1. The molecule has 0 amide bonds. The van der Waals surface area contributed by atoms with Crippen molar-refractivity contribution in [2.45, 2.75) is 452 Å². The van der Waals surface area contributed by atoms with Crippen LogP contribution in [0.5, 0.6) is 0 Å². The number of esters is 4. The van der Waals surface area contributed by atoms with Crippen LogP contribution in [0.1, 0.15) is 434 Å². The first kappa shape index (κ1) is 100. The van der Waals surface area contributed by atoms with Crippen LogP contribution in [0, 0.1) is 17.8 Å². The Bertz CT molecular complexity index is 1980. The van der Waals surface area contributed by atoms with Gasteiger partial charge in [0.05, 0.1) is 26.4 Å². The Morgan fingerprint density at radius 2 is 0.500 bits per heavy atom. The van der Waals surface area contributed by atoms with Crippen molar-refractivity contribution in [1.29, 1.82) is 0 Å². The van der Waals surface area contributed by atoms with Crippen molar-refractivity contribution in [2.24, 2.45) is 17.8 Å². The number of unbranched alkanes of at least 4 members (excludes halogenated alkanes) is 47. The van der Waals surface area contributed by atoms with Crippen LogP contribution in [0.4, 0.5) is 0 Å². The third kappa shape index (κ3) is 73.6. The predicted molar refractivity (Wildman–Crippen MR) is 418 cm³/mol. The highest BCUT2D eigenvalue weighted by atomic mass is 31.2. The molecule has 0 aromatic carbocycles. The second-order valence-corrected chi connectivity index (χ2v) is 33.7. The minimum atomic E-state index is -4.96. The van der Waals surface area contributed by atoms with Gasteiger partial charge in [0.25, 0.3) is 0 Å². The summed E-state index contributed by atoms with van der Waals surface area (Å²) in [6.45, 7) is 12.1. The lowest BCUT2D eigenvalue weighted by molar-refractivity contribution is -0.161. The maximum atomic E-state index is 13.1. The topological polar surface area (TPSA) is 237 Å². The highest BCUT2D eigenvalue weighted by Gasteiger charge is 2.30. The number of carbonyl (C=O) groups excluding carboxylic acids is 4. The first-order valence-corrected chi connectivity index (χ1v) is 45.9. The average Bonchev–Trinajstić information content (AvgIpc) is 0.924. The van der Waals surface area contributed by atoms with E-state index in [4.69, 9.17) is 37.0 Å². The molecular formula is C83H162O17P2. The van der Waals surface area contributed by atoms with E-state index in [9.17, 15) is 43.2 Å². The van der Waals surface area contributed by atoms with E-state index in [0.29, 0.717) is 25.7 Å². The summed E-state index contributed by atoms with van der Waals surface area (Å²) in [5, 5.41) is 10.7. The molecule has 3 N–H and O–H groups in total. The van der Waals surface area contributed by atoms with E-state index >= 15 is 0 Å². The Labute approximate surface area is 626 Å². The minimum Gasteiger partial charge on any atom is -0.462 e. The molecule has 0 heterocycles. The summed E-state index contributed by atoms with van der Waals surface area (Å²) in [6, 6.07) is 0. The van der Waals surface area contributed by atoms with Gasteiger partial charge in [0.2, 0.25) is 0 Å². The molecule has 0 bridgehead atoms. The number of aliphatic hydroxyl groups is 1. The summed E-state index contributed by atoms with van der Waals surface area (Å²) in [5.41, 5.74) is 0. The molecule has 0 aliphatic carbocycles. The summed E-state index contributed by atoms with van der Waals surface area (Å²) in [5.74, 6) is 0.349. The smallest absolute Gasteiger partial charge is 0.462 e. The molecule has 0 aromatic heterocycles. The van der Waals surface area contributed by atoms with Gasteiger partial charge in [-0.1, -0.05) is 382 Å². The number of aliphatic hydroxyl groups excluding tert-OH is 1. The van der Waals surface area contributed by atoms with E-state index in [-0.39, 0.29) is 25.7 Å². The van der Waals surface area contributed by atoms with Gasteiger partial charge in [0, 0.05) is 25.7 Å². The van der Waals surface area contributed by atoms with E-state index in [1.165, 1.54) is 244 Å². The van der Waals surface area contributed by atoms with Crippen LogP contribution in [-0.4, -0.2) is 96.7 Å². The Kier molecular flexibility index (Phi) is 71.8. The molecule has 19 heteroatoms. The van der Waals surface area contributed by atoms with E-state index in [1.807, 2.05) is 0 Å². The summed E-state index contributed by atoms with van der Waals surface area (Å²) in [7, 11) is -9.92. The molecule has 7 atom stereocenters. The summed E-state index contributed by atoms with van der Waals surface area (Å²) in [4.78, 5) is 73.1. The predicted octanol–water partition coefficient (Wildman–Crippen LogP) is 24.9. The number of hydrogen-bond donors (Lipinski definition) is 3. The van der Waals surface area contributed by atoms with Gasteiger partial charge in [0.1, 0.15) is 19.3 Å². The molecular weight excluding hydrogens is 1330 g/mol. The summed E-state index contributed by atoms with van der Waals surface area (Å²) in [6.07, 6.45) is 62.2. The first-order valence-electron chi connectivity index (χ1n) is 42.9. The Morgan fingerprint density at radius 1 is 0.284 bits per heavy atom. The van der Waals surface area contributed by atoms with E-state index in [0.717, 1.165) is 108 Å². The number of ether oxygens (including phenoxy) is 4. The molecule has 0 aliphatic rings. The van der Waals surface area contributed by atoms with E-state index in [1.54, 1.807) is 0 Å². The SMILES string of the molecule is CCCCCCCCCCCCCCC(=O)OC[C@H](COP(=O)(O)OC[C@H](O)COP(=O)(O)OC[C@@H](COC(=O)CCCCCCCCCCCCCCCCC(C)CC)OC(=O)CCCCCCCCCCCCCCCCCC(C)C)OC(=O)CCCCCCCCCCCCC(C)CC. The molecule has 0 saturated heterocycles. The number of hydrogen-bond acceptors (Lipinski definition) is 15. The monoisotopic (exact) mass is 1490 g/mol. The zero-order valence-corrected chi connectivity index (χ0v) is 68.9. The normalized spacial score (nSPS) is 14.5. The highest BCUT2D eigenvalue weighted by molar-refractivity contribution is 7.47. The van der Waals surface area contributed by atoms with Crippen LogP contribution in [0.2, 0.25) is 0 Å². The van der Waals surface area contributed by atoms with Gasteiger partial charge in [-0.2, -0.15) is 0 Å². The molecule has 606 valence electrons. The molecule has 0 aromatic rings. The molecule has 0 radical (unpaired) electrons. The number of carbonyl (C=O) groups is 4. The second kappa shape index (κ2) is 73.2. The van der Waals surface area contributed by atoms with Crippen molar-refractivity contribution >= 4 is 39.5 Å². The highest BCUT2D eigenvalue weighted by Crippen LogP contribution is 2.45. The fourth-order valence-corrected chi connectivity index (χ4v) is 14.4. The van der Waals surface area contributed by atoms with Crippen molar-refractivity contribution in [1.82, 2.24) is 0 Å². The van der Waals surface area contributed by atoms with E-state index < -0.39 is 97.5 Å². The lowest BCUT2D eigenvalue weighted by atomic mass is 9.99. The number of phosphoric acid groups is 2. The fourth-order valence-electron chi connectivity index (χ4n) is 12.8. The van der Waals surface area contributed by atoms with Crippen LogP contribution in [0.3, 0.4) is 0 Å². The van der Waals surface area contributed by atoms with Crippen molar-refractivity contribution in [3.05, 3.63) is 0 Å². The Hall–Kier alpha value is -1.94. The van der Waals surface area contributed by atoms with Gasteiger partial charge in [-0.3, -0.25) is 37.3 Å². The lowest BCUT2D eigenvalue weighted by Gasteiger charge is -2.21. The van der Waals surface area contributed by atoms with Crippen LogP contribution in [-0.2, 0) is 65.4 Å². The number of phosphoric ester groups is 2. The average molecular weight is 1490 g/mol. The van der Waals surface area contributed by atoms with Crippen LogP contribution < -0.4 is 0 Å². The number of rotatable bonds is 81. The Morgan fingerprint density at radius 3 is 0.745 bits per heavy atom. The first-order chi connectivity index (χ1) is 49.3. The van der Waals surface area contributed by atoms with Gasteiger partial charge in [0.15, 0.2) is 12.2 Å². The third-order valence-corrected chi connectivity index (χ3v) is 22.0. The van der Waals surface area contributed by atoms with Gasteiger partial charge in [-0.05, 0) is 43.4 Å². The molecule has 0 spiro atoms. The Balaban J connectivity index is 5.27. The second-order valence-electron chi connectivity index (χ2n) is 30.8. The maximum Gasteiger partial charge on any atom is 0.472 e. The van der Waals surface area contributed by atoms with E-state index in [2.05, 4.69) is 48.5 Å². The fraction of sp³-hybridized carbons (Fsp3) is 0.952. The molecule has 0 saturated carbocycles. The van der Waals surface area contributed by atoms with Crippen LogP contribution >= 0.6 is 15.6 Å². The van der Waals surface area contributed by atoms with Gasteiger partial charge in [-0.15, -0.1) is 0 Å². The minimum absolute atomic E-state index is 0.107. The maximum absolute atomic E-state index is 13.1. The largest absolute Gasteiger partial charge is 0.472 e. The van der Waals surface area contributed by atoms with Gasteiger partial charge in [-0.25, -0.2) is 9.13 Å². The molecule has 102 heavy (non-hydrogen) atoms. The molecule has 17 nitrogen and oxygen atoms in total. The molecule has 0 fully saturated rings. The quantitative estimate of drug-likeness (QED) is 0.0222. The van der Waals surface area contributed by atoms with Crippen LogP contribution in [0.25, 0.3) is 0 Å². The van der Waals surface area contributed by atoms with Gasteiger partial charge < -0.3 is 33.8 Å². The molecule has 4 unspecified atom stereocenters. The molecule has 0 rings (SSSR count). The van der Waals surface area contributed by atoms with Crippen molar-refractivity contribution < 1.29 is 80.2 Å². The van der Waals surface area contributed by atoms with Crippen molar-refractivity contribution in [2.75, 3.05) is 39.6 Å².